The van der Waals surface area contributed by atoms with Gasteiger partial charge in [0.15, 0.2) is 0 Å². The van der Waals surface area contributed by atoms with E-state index in [1.54, 1.807) is 21.7 Å². The van der Waals surface area contributed by atoms with Crippen molar-refractivity contribution < 1.29 is 8.42 Å². The van der Waals surface area contributed by atoms with Crippen molar-refractivity contribution in [2.24, 2.45) is 0 Å². The summed E-state index contributed by atoms with van der Waals surface area (Å²) in [6.45, 7) is 4.58. The number of thiazole rings is 1. The number of aryl methyl sites for hydroxylation is 1. The lowest BCUT2D eigenvalue weighted by molar-refractivity contribution is 0.269. The smallest absolute Gasteiger partial charge is 0.241 e. The van der Waals surface area contributed by atoms with E-state index < -0.39 is 10.0 Å². The first-order valence-electron chi connectivity index (χ1n) is 7.02. The molecule has 0 unspecified atom stereocenters. The molecule has 0 saturated carbocycles. The van der Waals surface area contributed by atoms with Gasteiger partial charge in [0, 0.05) is 18.0 Å². The Labute approximate surface area is 133 Å². The van der Waals surface area contributed by atoms with Gasteiger partial charge in [-0.2, -0.15) is 4.31 Å². The van der Waals surface area contributed by atoms with Crippen LogP contribution in [-0.4, -0.2) is 30.3 Å². The van der Waals surface area contributed by atoms with Gasteiger partial charge >= 0.3 is 0 Å². The molecule has 114 valence electrons. The molecule has 1 atom stereocenters. The lowest BCUT2D eigenvalue weighted by Crippen LogP contribution is -2.41. The van der Waals surface area contributed by atoms with Gasteiger partial charge in [0.1, 0.15) is 4.21 Å². The Morgan fingerprint density at radius 3 is 2.81 bits per heavy atom. The van der Waals surface area contributed by atoms with Gasteiger partial charge in [0.05, 0.1) is 15.6 Å². The molecule has 0 radical (unpaired) electrons. The molecule has 3 heterocycles. The number of hydrogen-bond acceptors (Lipinski definition) is 5. The molecule has 0 aromatic carbocycles. The third kappa shape index (κ3) is 2.92. The molecule has 1 aliphatic heterocycles. The maximum absolute atomic E-state index is 12.8. The zero-order chi connectivity index (χ0) is 15.0. The number of aromatic nitrogens is 1. The van der Waals surface area contributed by atoms with Crippen LogP contribution in [0.3, 0.4) is 0 Å². The molecule has 2 aromatic heterocycles. The van der Waals surface area contributed by atoms with E-state index >= 15 is 0 Å². The third-order valence-corrected chi connectivity index (χ3v) is 8.12. The molecule has 1 saturated heterocycles. The molecule has 0 N–H and O–H groups in total. The van der Waals surface area contributed by atoms with E-state index in [-0.39, 0.29) is 6.04 Å². The van der Waals surface area contributed by atoms with Gasteiger partial charge in [-0.1, -0.05) is 6.42 Å². The first-order valence-corrected chi connectivity index (χ1v) is 10.2. The number of rotatable bonds is 3. The van der Waals surface area contributed by atoms with Crippen molar-refractivity contribution in [2.45, 2.75) is 43.4 Å². The zero-order valence-corrected chi connectivity index (χ0v) is 14.5. The fourth-order valence-corrected chi connectivity index (χ4v) is 6.40. The van der Waals surface area contributed by atoms with Crippen molar-refractivity contribution >= 4 is 32.7 Å². The van der Waals surface area contributed by atoms with Gasteiger partial charge in [0.25, 0.3) is 10.0 Å². The summed E-state index contributed by atoms with van der Waals surface area (Å²) in [7, 11) is -3.36. The Morgan fingerprint density at radius 1 is 1.33 bits per heavy atom. The lowest BCUT2D eigenvalue weighted by atomic mass is 10.1. The van der Waals surface area contributed by atoms with E-state index in [4.69, 9.17) is 0 Å². The largest absolute Gasteiger partial charge is 0.252 e. The summed E-state index contributed by atoms with van der Waals surface area (Å²) in [5, 5.41) is 2.97. The van der Waals surface area contributed by atoms with Crippen LogP contribution in [0.15, 0.2) is 21.7 Å². The van der Waals surface area contributed by atoms with Crippen LogP contribution in [0.5, 0.6) is 0 Å². The van der Waals surface area contributed by atoms with Gasteiger partial charge in [-0.15, -0.1) is 22.7 Å². The number of nitrogens with zero attached hydrogens (tertiary/aromatic N) is 2. The summed E-state index contributed by atoms with van der Waals surface area (Å²) >= 11 is 2.90. The van der Waals surface area contributed by atoms with E-state index in [1.807, 2.05) is 25.3 Å². The number of thiophene rings is 1. The van der Waals surface area contributed by atoms with Gasteiger partial charge < -0.3 is 0 Å². The Hall–Kier alpha value is -0.760. The highest BCUT2D eigenvalue weighted by molar-refractivity contribution is 7.91. The predicted octanol–water partition coefficient (Wildman–Crippen LogP) is 3.74. The topological polar surface area (TPSA) is 50.3 Å². The fourth-order valence-electron chi connectivity index (χ4n) is 2.62. The molecule has 2 aromatic rings. The second kappa shape index (κ2) is 5.79. The second-order valence-corrected chi connectivity index (χ2v) is 9.59. The Bertz CT molecular complexity index is 733. The van der Waals surface area contributed by atoms with E-state index in [1.165, 1.54) is 11.3 Å². The molecular formula is C14H18N2O2S3. The van der Waals surface area contributed by atoms with Crippen molar-refractivity contribution in [1.29, 1.82) is 0 Å². The summed E-state index contributed by atoms with van der Waals surface area (Å²) in [4.78, 5) is 5.34. The maximum Gasteiger partial charge on any atom is 0.252 e. The Balaban J connectivity index is 1.91. The van der Waals surface area contributed by atoms with Crippen molar-refractivity contribution in [1.82, 2.24) is 9.29 Å². The predicted molar refractivity (Wildman–Crippen MR) is 87.4 cm³/mol. The number of hydrogen-bond donors (Lipinski definition) is 0. The standard InChI is InChI=1S/C14H18N2O2S3/c1-10-5-3-4-8-16(10)21(17,18)14-7-6-13(20-14)12-9-19-11(2)15-12/h6-7,9-10H,3-5,8H2,1-2H3/t10-/m1/s1. The summed E-state index contributed by atoms with van der Waals surface area (Å²) < 4.78 is 27.6. The number of piperidine rings is 1. The molecule has 7 heteroatoms. The summed E-state index contributed by atoms with van der Waals surface area (Å²) in [5.41, 5.74) is 0.871. The molecule has 1 fully saturated rings. The van der Waals surface area contributed by atoms with Gasteiger partial charge in [-0.25, -0.2) is 13.4 Å². The Morgan fingerprint density at radius 2 is 2.14 bits per heavy atom. The number of sulfonamides is 1. The molecular weight excluding hydrogens is 324 g/mol. The molecule has 0 spiro atoms. The van der Waals surface area contributed by atoms with E-state index in [9.17, 15) is 8.42 Å². The molecule has 3 rings (SSSR count). The first-order chi connectivity index (χ1) is 9.98. The second-order valence-electron chi connectivity index (χ2n) is 5.33. The van der Waals surface area contributed by atoms with Crippen molar-refractivity contribution in [3.63, 3.8) is 0 Å². The average Bonchev–Trinajstić information content (AvgIpc) is 3.07. The molecule has 0 amide bonds. The van der Waals surface area contributed by atoms with E-state index in [0.717, 1.165) is 34.8 Å². The molecule has 21 heavy (non-hydrogen) atoms. The van der Waals surface area contributed by atoms with Crippen molar-refractivity contribution in [3.8, 4) is 10.6 Å². The summed E-state index contributed by atoms with van der Waals surface area (Å²) in [5.74, 6) is 0. The van der Waals surface area contributed by atoms with Crippen LogP contribution < -0.4 is 0 Å². The maximum atomic E-state index is 12.8. The highest BCUT2D eigenvalue weighted by atomic mass is 32.2. The fraction of sp³-hybridized carbons (Fsp3) is 0.500. The van der Waals surface area contributed by atoms with Crippen LogP contribution in [0.1, 0.15) is 31.2 Å². The van der Waals surface area contributed by atoms with Crippen LogP contribution in [0.2, 0.25) is 0 Å². The van der Waals surface area contributed by atoms with Crippen molar-refractivity contribution in [2.75, 3.05) is 6.54 Å². The summed E-state index contributed by atoms with van der Waals surface area (Å²) in [6, 6.07) is 3.67. The lowest BCUT2D eigenvalue weighted by Gasteiger charge is -2.31. The van der Waals surface area contributed by atoms with E-state index in [2.05, 4.69) is 4.98 Å². The SMILES string of the molecule is Cc1nc(-c2ccc(S(=O)(=O)N3CCCC[C@H]3C)s2)cs1. The van der Waals surface area contributed by atoms with Gasteiger partial charge in [-0.05, 0) is 38.8 Å². The van der Waals surface area contributed by atoms with Crippen LogP contribution in [0.25, 0.3) is 10.6 Å². The minimum Gasteiger partial charge on any atom is -0.241 e. The highest BCUT2D eigenvalue weighted by Crippen LogP contribution is 2.34. The first kappa shape index (κ1) is 15.1. The minimum atomic E-state index is -3.36. The normalized spacial score (nSPS) is 20.8. The summed E-state index contributed by atoms with van der Waals surface area (Å²) in [6.07, 6.45) is 3.01. The quantitative estimate of drug-likeness (QED) is 0.854. The van der Waals surface area contributed by atoms with Crippen LogP contribution in [0.4, 0.5) is 0 Å². The van der Waals surface area contributed by atoms with Crippen LogP contribution in [-0.2, 0) is 10.0 Å². The van der Waals surface area contributed by atoms with Crippen LogP contribution >= 0.6 is 22.7 Å². The molecule has 0 bridgehead atoms. The minimum absolute atomic E-state index is 0.0933. The van der Waals surface area contributed by atoms with Crippen molar-refractivity contribution in [3.05, 3.63) is 22.5 Å². The Kier molecular flexibility index (Phi) is 4.18. The highest BCUT2D eigenvalue weighted by Gasteiger charge is 2.32. The third-order valence-electron chi connectivity index (χ3n) is 3.76. The van der Waals surface area contributed by atoms with E-state index in [0.29, 0.717) is 10.8 Å². The average molecular weight is 343 g/mol. The van der Waals surface area contributed by atoms with Gasteiger partial charge in [-0.3, -0.25) is 0 Å². The zero-order valence-electron chi connectivity index (χ0n) is 12.1. The van der Waals surface area contributed by atoms with Crippen LogP contribution in [0, 0.1) is 6.92 Å². The molecule has 1 aliphatic rings. The molecule has 0 aliphatic carbocycles. The van der Waals surface area contributed by atoms with Gasteiger partial charge in [0.2, 0.25) is 0 Å². The monoisotopic (exact) mass is 342 g/mol. The molecule has 4 nitrogen and oxygen atoms in total.